The van der Waals surface area contributed by atoms with Gasteiger partial charge in [0.2, 0.25) is 5.91 Å². The minimum atomic E-state index is -0.231. The van der Waals surface area contributed by atoms with Crippen LogP contribution in [0.4, 0.5) is 5.69 Å². The standard InChI is InChI=1S/C18H26N4O2/c1-2-9-20-16-8-4-3-7-15(16)18(24)21-10-12-22-11-5-6-14(13-22)17(19)23/h2-4,7-8,14,20H,1,5-6,9-13H2,(H2,19,23)(H,21,24)/t14-/m0/s1. The number of carbonyl (C=O) groups excluding carboxylic acids is 2. The number of nitrogens with zero attached hydrogens (tertiary/aromatic N) is 1. The summed E-state index contributed by atoms with van der Waals surface area (Å²) in [6, 6.07) is 7.40. The van der Waals surface area contributed by atoms with Crippen LogP contribution in [0.3, 0.4) is 0 Å². The minimum Gasteiger partial charge on any atom is -0.381 e. The number of hydrogen-bond donors (Lipinski definition) is 3. The predicted molar refractivity (Wildman–Crippen MR) is 95.8 cm³/mol. The van der Waals surface area contributed by atoms with Gasteiger partial charge in [-0.15, -0.1) is 6.58 Å². The molecule has 1 aromatic rings. The summed E-state index contributed by atoms with van der Waals surface area (Å²) in [5.74, 6) is -0.408. The summed E-state index contributed by atoms with van der Waals surface area (Å²) in [7, 11) is 0. The molecule has 1 aliphatic heterocycles. The number of para-hydroxylation sites is 1. The molecule has 0 saturated carbocycles. The molecule has 6 nitrogen and oxygen atoms in total. The summed E-state index contributed by atoms with van der Waals surface area (Å²) < 4.78 is 0. The van der Waals surface area contributed by atoms with Crippen LogP contribution in [0.25, 0.3) is 0 Å². The molecule has 130 valence electrons. The fraction of sp³-hybridized carbons (Fsp3) is 0.444. The van der Waals surface area contributed by atoms with Crippen LogP contribution in [0.2, 0.25) is 0 Å². The van der Waals surface area contributed by atoms with E-state index < -0.39 is 0 Å². The zero-order chi connectivity index (χ0) is 17.4. The van der Waals surface area contributed by atoms with Gasteiger partial charge in [-0.1, -0.05) is 18.2 Å². The molecule has 1 saturated heterocycles. The van der Waals surface area contributed by atoms with Gasteiger partial charge in [0.15, 0.2) is 0 Å². The number of primary amides is 1. The highest BCUT2D eigenvalue weighted by Crippen LogP contribution is 2.16. The number of amides is 2. The molecule has 0 aliphatic carbocycles. The monoisotopic (exact) mass is 330 g/mol. The number of likely N-dealkylation sites (tertiary alicyclic amines) is 1. The van der Waals surface area contributed by atoms with Crippen molar-refractivity contribution in [3.8, 4) is 0 Å². The van der Waals surface area contributed by atoms with Gasteiger partial charge in [0.05, 0.1) is 11.5 Å². The largest absolute Gasteiger partial charge is 0.381 e. The highest BCUT2D eigenvalue weighted by Gasteiger charge is 2.23. The van der Waals surface area contributed by atoms with Crippen molar-refractivity contribution in [2.75, 3.05) is 38.0 Å². The number of rotatable bonds is 8. The van der Waals surface area contributed by atoms with Crippen molar-refractivity contribution in [1.29, 1.82) is 0 Å². The Labute approximate surface area is 143 Å². The number of piperidine rings is 1. The summed E-state index contributed by atoms with van der Waals surface area (Å²) in [4.78, 5) is 25.9. The van der Waals surface area contributed by atoms with Crippen LogP contribution in [0, 0.1) is 5.92 Å². The first-order valence-corrected chi connectivity index (χ1v) is 8.35. The highest BCUT2D eigenvalue weighted by molar-refractivity contribution is 5.99. The molecule has 0 unspecified atom stereocenters. The summed E-state index contributed by atoms with van der Waals surface area (Å²) in [5, 5.41) is 6.11. The molecular weight excluding hydrogens is 304 g/mol. The molecule has 0 aromatic heterocycles. The Hall–Kier alpha value is -2.34. The lowest BCUT2D eigenvalue weighted by molar-refractivity contribution is -0.123. The third-order valence-electron chi connectivity index (χ3n) is 4.23. The first kappa shape index (κ1) is 18.0. The van der Waals surface area contributed by atoms with Crippen molar-refractivity contribution >= 4 is 17.5 Å². The molecular formula is C18H26N4O2. The van der Waals surface area contributed by atoms with Gasteiger partial charge in [-0.3, -0.25) is 9.59 Å². The average molecular weight is 330 g/mol. The second-order valence-electron chi connectivity index (χ2n) is 6.01. The van der Waals surface area contributed by atoms with Crippen molar-refractivity contribution in [2.24, 2.45) is 11.7 Å². The first-order chi connectivity index (χ1) is 11.6. The molecule has 0 spiro atoms. The van der Waals surface area contributed by atoms with Gasteiger partial charge in [0.25, 0.3) is 5.91 Å². The van der Waals surface area contributed by atoms with Crippen molar-refractivity contribution in [2.45, 2.75) is 12.8 Å². The number of benzene rings is 1. The molecule has 0 radical (unpaired) electrons. The molecule has 1 aromatic carbocycles. The molecule has 1 aliphatic rings. The first-order valence-electron chi connectivity index (χ1n) is 8.35. The Morgan fingerprint density at radius 3 is 2.92 bits per heavy atom. The van der Waals surface area contributed by atoms with Crippen LogP contribution < -0.4 is 16.4 Å². The third kappa shape index (κ3) is 5.09. The number of hydrogen-bond acceptors (Lipinski definition) is 4. The maximum Gasteiger partial charge on any atom is 0.253 e. The Morgan fingerprint density at radius 2 is 2.17 bits per heavy atom. The van der Waals surface area contributed by atoms with E-state index in [1.165, 1.54) is 0 Å². The van der Waals surface area contributed by atoms with E-state index in [2.05, 4.69) is 22.1 Å². The van der Waals surface area contributed by atoms with E-state index in [1.807, 2.05) is 18.2 Å². The van der Waals surface area contributed by atoms with Crippen molar-refractivity contribution < 1.29 is 9.59 Å². The lowest BCUT2D eigenvalue weighted by Crippen LogP contribution is -2.44. The second-order valence-corrected chi connectivity index (χ2v) is 6.01. The van der Waals surface area contributed by atoms with E-state index in [0.29, 0.717) is 25.2 Å². The molecule has 1 heterocycles. The number of carbonyl (C=O) groups is 2. The van der Waals surface area contributed by atoms with Crippen LogP contribution in [-0.4, -0.2) is 49.4 Å². The van der Waals surface area contributed by atoms with Crippen molar-refractivity contribution in [1.82, 2.24) is 10.2 Å². The fourth-order valence-electron chi connectivity index (χ4n) is 2.93. The predicted octanol–water partition coefficient (Wildman–Crippen LogP) is 1.21. The van der Waals surface area contributed by atoms with Crippen LogP contribution in [-0.2, 0) is 4.79 Å². The molecule has 1 fully saturated rings. The second kappa shape index (κ2) is 9.08. The maximum absolute atomic E-state index is 12.4. The minimum absolute atomic E-state index is 0.0710. The van der Waals surface area contributed by atoms with E-state index in [9.17, 15) is 9.59 Å². The maximum atomic E-state index is 12.4. The molecule has 2 rings (SSSR count). The molecule has 24 heavy (non-hydrogen) atoms. The lowest BCUT2D eigenvalue weighted by atomic mass is 9.97. The number of nitrogens with one attached hydrogen (secondary N) is 2. The SMILES string of the molecule is C=CCNc1ccccc1C(=O)NCCN1CCC[C@H](C(N)=O)C1. The van der Waals surface area contributed by atoms with Gasteiger partial charge in [-0.05, 0) is 31.5 Å². The van der Waals surface area contributed by atoms with Gasteiger partial charge >= 0.3 is 0 Å². The Bertz CT molecular complexity index is 588. The summed E-state index contributed by atoms with van der Waals surface area (Å²) in [6.45, 7) is 7.16. The van der Waals surface area contributed by atoms with Crippen molar-refractivity contribution in [3.63, 3.8) is 0 Å². The smallest absolute Gasteiger partial charge is 0.253 e. The van der Waals surface area contributed by atoms with Crippen LogP contribution in [0.5, 0.6) is 0 Å². The van der Waals surface area contributed by atoms with E-state index in [0.717, 1.165) is 31.6 Å². The van der Waals surface area contributed by atoms with Gasteiger partial charge in [0.1, 0.15) is 0 Å². The van der Waals surface area contributed by atoms with Gasteiger partial charge in [-0.25, -0.2) is 0 Å². The molecule has 1 atom stereocenters. The molecule has 4 N–H and O–H groups in total. The Balaban J connectivity index is 1.83. The molecule has 0 bridgehead atoms. The van der Waals surface area contributed by atoms with E-state index in [-0.39, 0.29) is 17.7 Å². The summed E-state index contributed by atoms with van der Waals surface area (Å²) in [5.41, 5.74) is 6.80. The summed E-state index contributed by atoms with van der Waals surface area (Å²) >= 11 is 0. The molecule has 6 heteroatoms. The topological polar surface area (TPSA) is 87.5 Å². The van der Waals surface area contributed by atoms with Crippen LogP contribution >= 0.6 is 0 Å². The number of nitrogens with two attached hydrogens (primary N) is 1. The third-order valence-corrected chi connectivity index (χ3v) is 4.23. The van der Waals surface area contributed by atoms with Crippen LogP contribution in [0.1, 0.15) is 23.2 Å². The van der Waals surface area contributed by atoms with Crippen LogP contribution in [0.15, 0.2) is 36.9 Å². The van der Waals surface area contributed by atoms with Gasteiger partial charge in [-0.2, -0.15) is 0 Å². The lowest BCUT2D eigenvalue weighted by Gasteiger charge is -2.31. The highest BCUT2D eigenvalue weighted by atomic mass is 16.2. The normalized spacial score (nSPS) is 17.9. The average Bonchev–Trinajstić information content (AvgIpc) is 2.60. The zero-order valence-corrected chi connectivity index (χ0v) is 14.0. The van der Waals surface area contributed by atoms with Gasteiger partial charge in [0, 0.05) is 31.9 Å². The fourth-order valence-corrected chi connectivity index (χ4v) is 2.93. The Kier molecular flexibility index (Phi) is 6.81. The Morgan fingerprint density at radius 1 is 1.38 bits per heavy atom. The van der Waals surface area contributed by atoms with E-state index in [4.69, 9.17) is 5.73 Å². The molecule has 2 amide bonds. The van der Waals surface area contributed by atoms with E-state index in [1.54, 1.807) is 12.1 Å². The zero-order valence-electron chi connectivity index (χ0n) is 14.0. The van der Waals surface area contributed by atoms with Crippen molar-refractivity contribution in [3.05, 3.63) is 42.5 Å². The van der Waals surface area contributed by atoms with Gasteiger partial charge < -0.3 is 21.3 Å². The number of anilines is 1. The van der Waals surface area contributed by atoms with E-state index >= 15 is 0 Å². The quantitative estimate of drug-likeness (QED) is 0.625. The summed E-state index contributed by atoms with van der Waals surface area (Å²) in [6.07, 6.45) is 3.58.